The predicted octanol–water partition coefficient (Wildman–Crippen LogP) is 6.12. The van der Waals surface area contributed by atoms with E-state index in [4.69, 9.17) is 20.4 Å². The van der Waals surface area contributed by atoms with Crippen molar-refractivity contribution >= 4 is 33.5 Å². The Morgan fingerprint density at radius 2 is 1.80 bits per heavy atom. The molecule has 2 aromatic carbocycles. The van der Waals surface area contributed by atoms with E-state index in [-0.39, 0.29) is 5.63 Å². The van der Waals surface area contributed by atoms with Crippen molar-refractivity contribution < 1.29 is 8.83 Å². The largest absolute Gasteiger partial charge is 0.464 e. The van der Waals surface area contributed by atoms with Crippen molar-refractivity contribution in [1.29, 1.82) is 0 Å². The van der Waals surface area contributed by atoms with Gasteiger partial charge in [-0.2, -0.15) is 0 Å². The first-order chi connectivity index (χ1) is 12.1. The minimum atomic E-state index is -0.254. The van der Waals surface area contributed by atoms with Crippen molar-refractivity contribution in [3.8, 4) is 11.1 Å². The molecule has 0 spiro atoms. The maximum absolute atomic E-state index is 12.2. The van der Waals surface area contributed by atoms with Crippen molar-refractivity contribution in [3.63, 3.8) is 0 Å². The molecule has 0 amide bonds. The van der Waals surface area contributed by atoms with Crippen LogP contribution in [0.2, 0.25) is 5.02 Å². The fraction of sp³-hybridized carbons (Fsp3) is 0.190. The summed E-state index contributed by atoms with van der Waals surface area (Å²) in [6, 6.07) is 11.5. The fourth-order valence-corrected chi connectivity index (χ4v) is 3.43. The molecule has 126 valence electrons. The Hall–Kier alpha value is -2.52. The summed E-state index contributed by atoms with van der Waals surface area (Å²) in [6.45, 7) is 4.04. The molecule has 0 bridgehead atoms. The molecule has 0 saturated heterocycles. The van der Waals surface area contributed by atoms with Gasteiger partial charge in [-0.3, -0.25) is 0 Å². The van der Waals surface area contributed by atoms with Gasteiger partial charge in [-0.1, -0.05) is 37.1 Å². The van der Waals surface area contributed by atoms with Crippen LogP contribution < -0.4 is 5.63 Å². The second-order valence-electron chi connectivity index (χ2n) is 6.24. The Morgan fingerprint density at radius 3 is 2.52 bits per heavy atom. The highest BCUT2D eigenvalue weighted by molar-refractivity contribution is 6.30. The van der Waals surface area contributed by atoms with Crippen LogP contribution in [0, 0.1) is 6.92 Å². The molecule has 25 heavy (non-hydrogen) atoms. The van der Waals surface area contributed by atoms with Gasteiger partial charge in [-0.05, 0) is 42.7 Å². The molecular weight excluding hydrogens is 336 g/mol. The molecule has 0 radical (unpaired) electrons. The number of hydrogen-bond acceptors (Lipinski definition) is 3. The summed E-state index contributed by atoms with van der Waals surface area (Å²) in [7, 11) is 0. The summed E-state index contributed by atoms with van der Waals surface area (Å²) in [5.74, 6) is 0. The van der Waals surface area contributed by atoms with Crippen LogP contribution in [-0.2, 0) is 6.42 Å². The van der Waals surface area contributed by atoms with E-state index in [0.29, 0.717) is 16.2 Å². The van der Waals surface area contributed by atoms with E-state index in [1.807, 2.05) is 31.2 Å². The van der Waals surface area contributed by atoms with Gasteiger partial charge in [-0.25, -0.2) is 4.79 Å². The topological polar surface area (TPSA) is 43.4 Å². The van der Waals surface area contributed by atoms with Crippen LogP contribution >= 0.6 is 11.6 Å². The first kappa shape index (κ1) is 16.0. The average molecular weight is 353 g/mol. The molecule has 0 aliphatic rings. The number of benzene rings is 2. The van der Waals surface area contributed by atoms with Crippen LogP contribution in [0.3, 0.4) is 0 Å². The molecule has 4 rings (SSSR count). The summed E-state index contributed by atoms with van der Waals surface area (Å²) in [6.07, 6.45) is 3.35. The molecule has 0 N–H and O–H groups in total. The maximum Gasteiger partial charge on any atom is 0.339 e. The third kappa shape index (κ3) is 2.65. The van der Waals surface area contributed by atoms with Gasteiger partial charge >= 0.3 is 5.63 Å². The quantitative estimate of drug-likeness (QED) is 0.417. The van der Waals surface area contributed by atoms with Crippen LogP contribution in [0.4, 0.5) is 0 Å². The second kappa shape index (κ2) is 6.08. The van der Waals surface area contributed by atoms with Gasteiger partial charge in [0.15, 0.2) is 0 Å². The highest BCUT2D eigenvalue weighted by atomic mass is 35.5. The first-order valence-electron chi connectivity index (χ1n) is 8.32. The highest BCUT2D eigenvalue weighted by Gasteiger charge is 2.15. The third-order valence-corrected chi connectivity index (χ3v) is 4.89. The van der Waals surface area contributed by atoms with E-state index >= 15 is 0 Å². The summed E-state index contributed by atoms with van der Waals surface area (Å²) in [4.78, 5) is 12.2. The minimum Gasteiger partial charge on any atom is -0.464 e. The SMILES string of the molecule is CCCc1c(C)c2cc3c(-c4ccc(Cl)cc4)coc3cc2oc1=O. The van der Waals surface area contributed by atoms with Crippen molar-refractivity contribution in [3.05, 3.63) is 69.2 Å². The zero-order valence-corrected chi connectivity index (χ0v) is 14.8. The van der Waals surface area contributed by atoms with Gasteiger partial charge < -0.3 is 8.83 Å². The van der Waals surface area contributed by atoms with Crippen molar-refractivity contribution in [2.75, 3.05) is 0 Å². The van der Waals surface area contributed by atoms with E-state index < -0.39 is 0 Å². The average Bonchev–Trinajstić information content (AvgIpc) is 3.01. The Balaban J connectivity index is 2.00. The molecule has 0 fully saturated rings. The standard InChI is InChI=1S/C21H17ClO3/c1-3-4-15-12(2)16-9-17-18(13-5-7-14(22)8-6-13)11-24-19(17)10-20(16)25-21(15)23/h5-11H,3-4H2,1-2H3. The molecule has 0 unspecified atom stereocenters. The molecule has 4 aromatic rings. The minimum absolute atomic E-state index is 0.254. The maximum atomic E-state index is 12.2. The molecule has 4 heteroatoms. The molecular formula is C21H17ClO3. The Labute approximate surface area is 149 Å². The zero-order chi connectivity index (χ0) is 17.6. The number of halogens is 1. The van der Waals surface area contributed by atoms with Gasteiger partial charge in [0.1, 0.15) is 11.2 Å². The monoisotopic (exact) mass is 352 g/mol. The van der Waals surface area contributed by atoms with Gasteiger partial charge in [0, 0.05) is 33.0 Å². The van der Waals surface area contributed by atoms with E-state index in [9.17, 15) is 4.79 Å². The smallest absolute Gasteiger partial charge is 0.339 e. The van der Waals surface area contributed by atoms with Gasteiger partial charge in [0.25, 0.3) is 0 Å². The third-order valence-electron chi connectivity index (χ3n) is 4.64. The predicted molar refractivity (Wildman–Crippen MR) is 101 cm³/mol. The first-order valence-corrected chi connectivity index (χ1v) is 8.69. The van der Waals surface area contributed by atoms with E-state index in [1.165, 1.54) is 0 Å². The number of rotatable bonds is 3. The molecule has 3 nitrogen and oxygen atoms in total. The van der Waals surface area contributed by atoms with Gasteiger partial charge in [0.2, 0.25) is 0 Å². The van der Waals surface area contributed by atoms with E-state index in [0.717, 1.165) is 45.9 Å². The van der Waals surface area contributed by atoms with Gasteiger partial charge in [0.05, 0.1) is 6.26 Å². The highest BCUT2D eigenvalue weighted by Crippen LogP contribution is 2.35. The van der Waals surface area contributed by atoms with Gasteiger partial charge in [-0.15, -0.1) is 0 Å². The number of aryl methyl sites for hydroxylation is 1. The summed E-state index contributed by atoms with van der Waals surface area (Å²) in [5.41, 5.74) is 4.78. The summed E-state index contributed by atoms with van der Waals surface area (Å²) >= 11 is 5.99. The molecule has 0 atom stereocenters. The molecule has 0 aliphatic carbocycles. The lowest BCUT2D eigenvalue weighted by molar-refractivity contribution is 0.546. The van der Waals surface area contributed by atoms with Crippen molar-refractivity contribution in [2.45, 2.75) is 26.7 Å². The van der Waals surface area contributed by atoms with Crippen LogP contribution in [0.1, 0.15) is 24.5 Å². The van der Waals surface area contributed by atoms with E-state index in [1.54, 1.807) is 12.3 Å². The zero-order valence-electron chi connectivity index (χ0n) is 14.1. The summed E-state index contributed by atoms with van der Waals surface area (Å²) < 4.78 is 11.2. The van der Waals surface area contributed by atoms with Crippen LogP contribution in [0.5, 0.6) is 0 Å². The molecule has 2 aromatic heterocycles. The lowest BCUT2D eigenvalue weighted by Gasteiger charge is -2.07. The van der Waals surface area contributed by atoms with Crippen molar-refractivity contribution in [1.82, 2.24) is 0 Å². The number of hydrogen-bond donors (Lipinski definition) is 0. The normalized spacial score (nSPS) is 11.5. The Bertz CT molecular complexity index is 1130. The van der Waals surface area contributed by atoms with Crippen molar-refractivity contribution in [2.24, 2.45) is 0 Å². The van der Waals surface area contributed by atoms with Crippen LogP contribution in [-0.4, -0.2) is 0 Å². The molecule has 2 heterocycles. The molecule has 0 saturated carbocycles. The number of furan rings is 1. The summed E-state index contributed by atoms with van der Waals surface area (Å²) in [5, 5.41) is 2.64. The molecule has 0 aliphatic heterocycles. The van der Waals surface area contributed by atoms with E-state index in [2.05, 4.69) is 13.0 Å². The lowest BCUT2D eigenvalue weighted by atomic mass is 9.99. The van der Waals surface area contributed by atoms with Crippen LogP contribution in [0.15, 0.2) is 56.3 Å². The second-order valence-corrected chi connectivity index (χ2v) is 6.68. The lowest BCUT2D eigenvalue weighted by Crippen LogP contribution is -2.09. The van der Waals surface area contributed by atoms with Crippen LogP contribution in [0.25, 0.3) is 33.1 Å². The fourth-order valence-electron chi connectivity index (χ4n) is 3.30. The Kier molecular flexibility index (Phi) is 3.89. The number of fused-ring (bicyclic) bond motifs is 2. The Morgan fingerprint density at radius 1 is 1.04 bits per heavy atom.